The monoisotopic (exact) mass is 655 g/mol. The van der Waals surface area contributed by atoms with Gasteiger partial charge in [0.1, 0.15) is 31.3 Å². The van der Waals surface area contributed by atoms with Crippen molar-refractivity contribution in [3.8, 4) is 0 Å². The van der Waals surface area contributed by atoms with Crippen molar-refractivity contribution in [3.63, 3.8) is 0 Å². The number of carbonyl (C=O) groups is 5. The van der Waals surface area contributed by atoms with Crippen molar-refractivity contribution in [2.75, 3.05) is 24.9 Å². The molecule has 2 aromatic carbocycles. The second-order valence-corrected chi connectivity index (χ2v) is 10.8. The molecule has 234 valence electrons. The van der Waals surface area contributed by atoms with Gasteiger partial charge in [0.25, 0.3) is 11.8 Å². The summed E-state index contributed by atoms with van der Waals surface area (Å²) >= 11 is 6.52. The number of carbonyl (C=O) groups excluding carboxylic acids is 5. The first-order valence-corrected chi connectivity index (χ1v) is 14.9. The van der Waals surface area contributed by atoms with Gasteiger partial charge < -0.3 is 24.9 Å². The van der Waals surface area contributed by atoms with Gasteiger partial charge in [-0.3, -0.25) is 24.0 Å². The summed E-state index contributed by atoms with van der Waals surface area (Å²) in [5, 5.41) is 10.9. The van der Waals surface area contributed by atoms with Crippen LogP contribution in [0.4, 0.5) is 5.13 Å². The molecule has 0 aliphatic carbocycles. The molecule has 3 heterocycles. The number of nitrogens with zero attached hydrogens (tertiary/aromatic N) is 3. The number of cyclic esters (lactones) is 1. The number of esters is 2. The molecule has 5 rings (SSSR count). The summed E-state index contributed by atoms with van der Waals surface area (Å²) in [6, 6.07) is 16.6. The maximum absolute atomic E-state index is 13.9. The average Bonchev–Trinajstić information content (AvgIpc) is 3.78. The summed E-state index contributed by atoms with van der Waals surface area (Å²) < 4.78 is 11.4. The molecule has 2 fully saturated rings. The van der Waals surface area contributed by atoms with E-state index in [9.17, 15) is 24.0 Å². The molecule has 0 saturated carbocycles. The predicted molar refractivity (Wildman–Crippen MR) is 159 cm³/mol. The van der Waals surface area contributed by atoms with Crippen molar-refractivity contribution < 1.29 is 43.1 Å². The Labute approximate surface area is 265 Å². The Kier molecular flexibility index (Phi) is 9.71. The second kappa shape index (κ2) is 13.8. The Hall–Kier alpha value is -4.86. The van der Waals surface area contributed by atoms with Crippen LogP contribution >= 0.6 is 22.9 Å². The average molecular weight is 656 g/mol. The molecule has 3 amide bonds. The van der Waals surface area contributed by atoms with Crippen molar-refractivity contribution in [3.05, 3.63) is 82.9 Å². The van der Waals surface area contributed by atoms with E-state index in [4.69, 9.17) is 30.7 Å². The first-order valence-electron chi connectivity index (χ1n) is 13.5. The maximum atomic E-state index is 13.9. The van der Waals surface area contributed by atoms with Gasteiger partial charge in [0, 0.05) is 11.8 Å². The van der Waals surface area contributed by atoms with Crippen LogP contribution in [0.1, 0.15) is 35.8 Å². The van der Waals surface area contributed by atoms with E-state index in [2.05, 4.69) is 20.8 Å². The lowest BCUT2D eigenvalue weighted by molar-refractivity contribution is -0.260. The van der Waals surface area contributed by atoms with Crippen LogP contribution in [0.3, 0.4) is 0 Å². The number of anilines is 1. The van der Waals surface area contributed by atoms with Crippen molar-refractivity contribution in [1.29, 1.82) is 0 Å². The highest BCUT2D eigenvalue weighted by molar-refractivity contribution is 7.14. The first kappa shape index (κ1) is 31.6. The third-order valence-corrected chi connectivity index (χ3v) is 7.71. The van der Waals surface area contributed by atoms with Crippen LogP contribution in [0.25, 0.3) is 0 Å². The van der Waals surface area contributed by atoms with Crippen LogP contribution < -0.4 is 10.6 Å². The van der Waals surface area contributed by atoms with Crippen LogP contribution in [0.15, 0.2) is 71.2 Å². The standard InChI is InChI=1S/C29H26ClN5O9S/c1-41-34-23(20-16-45-28(32-20)33-21(36)14-30)25(38)31-19-15-42-35(26(19)39)29(13-12-22(37)44-29)27(40)43-24(17-8-4-2-5-9-17)18-10-6-3-7-11-18/h2-11,16,19,24H,12-15H2,1H3,(H,31,38)(H,32,33,36)/b34-23+/t19-,29?/m0/s1. The fourth-order valence-electron chi connectivity index (χ4n) is 4.64. The summed E-state index contributed by atoms with van der Waals surface area (Å²) in [5.74, 6) is -4.28. The van der Waals surface area contributed by atoms with E-state index in [1.54, 1.807) is 48.5 Å². The van der Waals surface area contributed by atoms with Gasteiger partial charge in [0.15, 0.2) is 16.9 Å². The molecule has 0 bridgehead atoms. The van der Waals surface area contributed by atoms with Crippen molar-refractivity contribution in [2.24, 2.45) is 5.16 Å². The third kappa shape index (κ3) is 6.79. The lowest BCUT2D eigenvalue weighted by Crippen LogP contribution is -2.57. The number of benzene rings is 2. The van der Waals surface area contributed by atoms with Gasteiger partial charge in [-0.25, -0.2) is 9.78 Å². The molecule has 1 unspecified atom stereocenters. The SMILES string of the molecule is CO/N=C(/C(=O)N[C@H]1CON(C2(C(=O)OC(c3ccccc3)c3ccccc3)CCC(=O)O2)C1=O)c1csc(NC(=O)CCl)n1. The minimum Gasteiger partial charge on any atom is -0.448 e. The van der Waals surface area contributed by atoms with E-state index in [0.717, 1.165) is 11.3 Å². The van der Waals surface area contributed by atoms with Crippen LogP contribution in [-0.4, -0.2) is 76.8 Å². The number of hydroxylamine groups is 2. The number of amides is 3. The molecular weight excluding hydrogens is 630 g/mol. The zero-order valence-electron chi connectivity index (χ0n) is 23.6. The number of halogens is 1. The number of thiazole rings is 1. The lowest BCUT2D eigenvalue weighted by Gasteiger charge is -2.34. The van der Waals surface area contributed by atoms with Gasteiger partial charge in [-0.15, -0.1) is 22.9 Å². The number of ether oxygens (including phenoxy) is 2. The number of rotatable bonds is 11. The summed E-state index contributed by atoms with van der Waals surface area (Å²) in [6.07, 6.45) is -1.31. The van der Waals surface area contributed by atoms with Gasteiger partial charge in [0.05, 0.1) is 6.42 Å². The highest BCUT2D eigenvalue weighted by Gasteiger charge is 2.60. The molecule has 2 atom stereocenters. The Bertz CT molecular complexity index is 1580. The summed E-state index contributed by atoms with van der Waals surface area (Å²) in [5.41, 5.74) is -1.20. The Morgan fingerprint density at radius 3 is 2.38 bits per heavy atom. The van der Waals surface area contributed by atoms with E-state index >= 15 is 0 Å². The highest BCUT2D eigenvalue weighted by atomic mass is 35.5. The number of oxime groups is 1. The van der Waals surface area contributed by atoms with E-state index in [0.29, 0.717) is 16.2 Å². The van der Waals surface area contributed by atoms with Crippen LogP contribution in [0.5, 0.6) is 0 Å². The summed E-state index contributed by atoms with van der Waals surface area (Å²) in [6.45, 7) is -0.397. The van der Waals surface area contributed by atoms with Gasteiger partial charge in [-0.05, 0) is 11.1 Å². The van der Waals surface area contributed by atoms with Crippen molar-refractivity contribution >= 4 is 63.4 Å². The van der Waals surface area contributed by atoms with Gasteiger partial charge in [-0.2, -0.15) is 5.06 Å². The van der Waals surface area contributed by atoms with Crippen LogP contribution in [0, 0.1) is 0 Å². The van der Waals surface area contributed by atoms with Crippen LogP contribution in [-0.2, 0) is 43.1 Å². The molecule has 2 aliphatic heterocycles. The van der Waals surface area contributed by atoms with Crippen molar-refractivity contribution in [1.82, 2.24) is 15.4 Å². The number of hydrogen-bond donors (Lipinski definition) is 2. The first-order chi connectivity index (χ1) is 21.8. The number of nitrogens with one attached hydrogen (secondary N) is 2. The molecule has 1 aromatic heterocycles. The number of hydrogen-bond acceptors (Lipinski definition) is 12. The highest BCUT2D eigenvalue weighted by Crippen LogP contribution is 2.37. The lowest BCUT2D eigenvalue weighted by atomic mass is 10.0. The smallest absolute Gasteiger partial charge is 0.376 e. The van der Waals surface area contributed by atoms with E-state index < -0.39 is 54.1 Å². The van der Waals surface area contributed by atoms with E-state index in [-0.39, 0.29) is 35.3 Å². The number of aromatic nitrogens is 1. The fourth-order valence-corrected chi connectivity index (χ4v) is 5.42. The van der Waals surface area contributed by atoms with Crippen LogP contribution in [0.2, 0.25) is 0 Å². The molecular formula is C29H26ClN5O9S. The molecule has 14 nitrogen and oxygen atoms in total. The predicted octanol–water partition coefficient (Wildman–Crippen LogP) is 2.30. The molecule has 0 radical (unpaired) electrons. The Morgan fingerprint density at radius 1 is 1.13 bits per heavy atom. The molecule has 2 N–H and O–H groups in total. The third-order valence-electron chi connectivity index (χ3n) is 6.71. The summed E-state index contributed by atoms with van der Waals surface area (Å²) in [4.78, 5) is 79.1. The van der Waals surface area contributed by atoms with Gasteiger partial charge in [0.2, 0.25) is 5.91 Å². The van der Waals surface area contributed by atoms with Gasteiger partial charge >= 0.3 is 17.7 Å². The molecule has 45 heavy (non-hydrogen) atoms. The Balaban J connectivity index is 1.35. The molecule has 16 heteroatoms. The van der Waals surface area contributed by atoms with E-state index in [1.165, 1.54) is 12.5 Å². The zero-order chi connectivity index (χ0) is 32.0. The van der Waals surface area contributed by atoms with E-state index in [1.807, 2.05) is 12.1 Å². The van der Waals surface area contributed by atoms with Gasteiger partial charge in [-0.1, -0.05) is 65.8 Å². The largest absolute Gasteiger partial charge is 0.448 e. The van der Waals surface area contributed by atoms with Crippen molar-refractivity contribution in [2.45, 2.75) is 30.7 Å². The molecule has 0 spiro atoms. The second-order valence-electron chi connectivity index (χ2n) is 9.66. The molecule has 2 saturated heterocycles. The normalized spacial score (nSPS) is 19.8. The fraction of sp³-hybridized carbons (Fsp3) is 0.276. The number of alkyl halides is 1. The minimum atomic E-state index is -2.23. The topological polar surface area (TPSA) is 175 Å². The maximum Gasteiger partial charge on any atom is 0.376 e. The summed E-state index contributed by atoms with van der Waals surface area (Å²) in [7, 11) is 1.21. The Morgan fingerprint density at radius 2 is 1.80 bits per heavy atom. The molecule has 3 aromatic rings. The minimum absolute atomic E-state index is 0.0464. The zero-order valence-corrected chi connectivity index (χ0v) is 25.2. The molecule has 2 aliphatic rings. The quantitative estimate of drug-likeness (QED) is 0.135.